The van der Waals surface area contributed by atoms with Crippen LogP contribution in [-0.4, -0.2) is 60.9 Å². The summed E-state index contributed by atoms with van der Waals surface area (Å²) >= 11 is 1.72. The van der Waals surface area contributed by atoms with E-state index in [4.69, 9.17) is 14.5 Å². The first-order chi connectivity index (χ1) is 12.7. The number of nitrogens with zero attached hydrogens (tertiary/aromatic N) is 3. The molecule has 2 aliphatic heterocycles. The molecule has 0 aliphatic carbocycles. The minimum atomic E-state index is 0.309. The lowest BCUT2D eigenvalue weighted by atomic mass is 10.1. The van der Waals surface area contributed by atoms with E-state index in [2.05, 4.69) is 22.1 Å². The highest BCUT2D eigenvalue weighted by atomic mass is 32.1. The summed E-state index contributed by atoms with van der Waals surface area (Å²) in [6, 6.07) is 0. The van der Waals surface area contributed by atoms with Gasteiger partial charge in [0.05, 0.1) is 30.4 Å². The zero-order valence-electron chi connectivity index (χ0n) is 16.1. The molecule has 1 atom stereocenters. The number of piperidine rings is 1. The molecule has 0 radical (unpaired) electrons. The highest BCUT2D eigenvalue weighted by molar-refractivity contribution is 7.11. The standard InChI is InChI=1S/C19H32N4O2S/c1-3-20-19(22-13-18-12-21-15(2)26-18)23-9-7-16(8-10-23)25-14-17-6-4-5-11-24-17/h12,16-17H,3-11,13-14H2,1-2H3,(H,20,22). The molecule has 0 bridgehead atoms. The molecule has 0 saturated carbocycles. The van der Waals surface area contributed by atoms with Crippen LogP contribution in [0.15, 0.2) is 11.2 Å². The van der Waals surface area contributed by atoms with Crippen molar-refractivity contribution in [3.63, 3.8) is 0 Å². The zero-order valence-corrected chi connectivity index (χ0v) is 16.9. The van der Waals surface area contributed by atoms with Crippen LogP contribution in [0.2, 0.25) is 0 Å². The Morgan fingerprint density at radius 2 is 2.23 bits per heavy atom. The van der Waals surface area contributed by atoms with Gasteiger partial charge in [0.25, 0.3) is 0 Å². The Morgan fingerprint density at radius 1 is 1.38 bits per heavy atom. The van der Waals surface area contributed by atoms with Crippen molar-refractivity contribution in [2.45, 2.75) is 64.7 Å². The number of aliphatic imine (C=N–C) groups is 1. The van der Waals surface area contributed by atoms with Crippen molar-refractivity contribution < 1.29 is 9.47 Å². The van der Waals surface area contributed by atoms with Crippen LogP contribution < -0.4 is 5.32 Å². The smallest absolute Gasteiger partial charge is 0.194 e. The van der Waals surface area contributed by atoms with E-state index in [0.717, 1.165) is 63.1 Å². The van der Waals surface area contributed by atoms with E-state index >= 15 is 0 Å². The molecule has 3 heterocycles. The Kier molecular flexibility index (Phi) is 7.70. The lowest BCUT2D eigenvalue weighted by Gasteiger charge is -2.35. The number of guanidine groups is 1. The highest BCUT2D eigenvalue weighted by Gasteiger charge is 2.23. The Bertz CT molecular complexity index is 564. The van der Waals surface area contributed by atoms with Crippen LogP contribution in [-0.2, 0) is 16.0 Å². The van der Waals surface area contributed by atoms with Crippen LogP contribution in [0, 0.1) is 6.92 Å². The molecule has 1 unspecified atom stereocenters. The number of likely N-dealkylation sites (tertiary alicyclic amines) is 1. The molecule has 0 spiro atoms. The SMILES string of the molecule is CCNC(=NCc1cnc(C)s1)N1CCC(OCC2CCCCO2)CC1. The van der Waals surface area contributed by atoms with E-state index in [1.54, 1.807) is 11.3 Å². The van der Waals surface area contributed by atoms with Gasteiger partial charge in [0.15, 0.2) is 5.96 Å². The van der Waals surface area contributed by atoms with Crippen LogP contribution in [0.4, 0.5) is 0 Å². The summed E-state index contributed by atoms with van der Waals surface area (Å²) in [4.78, 5) is 12.7. The van der Waals surface area contributed by atoms with Crippen molar-refractivity contribution in [1.82, 2.24) is 15.2 Å². The minimum Gasteiger partial charge on any atom is -0.376 e. The molecule has 1 aromatic heterocycles. The van der Waals surface area contributed by atoms with E-state index in [1.165, 1.54) is 17.7 Å². The van der Waals surface area contributed by atoms with Gasteiger partial charge >= 0.3 is 0 Å². The first-order valence-electron chi connectivity index (χ1n) is 9.92. The Labute approximate surface area is 161 Å². The second-order valence-electron chi connectivity index (χ2n) is 7.02. The average Bonchev–Trinajstić information content (AvgIpc) is 3.10. The third kappa shape index (κ3) is 5.93. The first kappa shape index (κ1) is 19.6. The van der Waals surface area contributed by atoms with E-state index in [-0.39, 0.29) is 0 Å². The number of rotatable bonds is 6. The molecule has 2 saturated heterocycles. The van der Waals surface area contributed by atoms with Crippen molar-refractivity contribution in [3.8, 4) is 0 Å². The van der Waals surface area contributed by atoms with Crippen LogP contribution in [0.3, 0.4) is 0 Å². The molecule has 1 aromatic rings. The summed E-state index contributed by atoms with van der Waals surface area (Å²) in [5, 5.41) is 4.52. The van der Waals surface area contributed by atoms with Gasteiger partial charge in [0, 0.05) is 37.3 Å². The normalized spacial score (nSPS) is 22.6. The molecule has 146 valence electrons. The molecule has 2 fully saturated rings. The summed E-state index contributed by atoms with van der Waals surface area (Å²) in [5.74, 6) is 1.01. The topological polar surface area (TPSA) is 59.0 Å². The van der Waals surface area contributed by atoms with Crippen molar-refractivity contribution in [1.29, 1.82) is 0 Å². The first-order valence-corrected chi connectivity index (χ1v) is 10.7. The Morgan fingerprint density at radius 3 is 2.88 bits per heavy atom. The van der Waals surface area contributed by atoms with E-state index in [1.807, 2.05) is 13.1 Å². The highest BCUT2D eigenvalue weighted by Crippen LogP contribution is 2.18. The van der Waals surface area contributed by atoms with E-state index in [0.29, 0.717) is 18.8 Å². The van der Waals surface area contributed by atoms with Gasteiger partial charge in [-0.1, -0.05) is 0 Å². The second kappa shape index (κ2) is 10.2. The quantitative estimate of drug-likeness (QED) is 0.607. The number of hydrogen-bond acceptors (Lipinski definition) is 5. The Hall–Kier alpha value is -1.18. The monoisotopic (exact) mass is 380 g/mol. The number of ether oxygens (including phenoxy) is 2. The van der Waals surface area contributed by atoms with Crippen LogP contribution in [0.5, 0.6) is 0 Å². The molecule has 0 amide bonds. The fraction of sp³-hybridized carbons (Fsp3) is 0.789. The van der Waals surface area contributed by atoms with Crippen molar-refractivity contribution in [2.75, 3.05) is 32.8 Å². The Balaban J connectivity index is 1.44. The summed E-state index contributed by atoms with van der Waals surface area (Å²) in [7, 11) is 0. The lowest BCUT2D eigenvalue weighted by molar-refractivity contribution is -0.0721. The number of hydrogen-bond donors (Lipinski definition) is 1. The second-order valence-corrected chi connectivity index (χ2v) is 8.34. The molecule has 1 N–H and O–H groups in total. The van der Waals surface area contributed by atoms with Gasteiger partial charge in [0.1, 0.15) is 0 Å². The fourth-order valence-corrected chi connectivity index (χ4v) is 4.19. The largest absolute Gasteiger partial charge is 0.376 e. The summed E-state index contributed by atoms with van der Waals surface area (Å²) in [5.41, 5.74) is 0. The molecule has 2 aliphatic rings. The zero-order chi connectivity index (χ0) is 18.2. The van der Waals surface area contributed by atoms with Crippen molar-refractivity contribution in [2.24, 2.45) is 4.99 Å². The lowest BCUT2D eigenvalue weighted by Crippen LogP contribution is -2.47. The minimum absolute atomic E-state index is 0.309. The summed E-state index contributed by atoms with van der Waals surface area (Å²) in [6.07, 6.45) is 8.31. The number of aromatic nitrogens is 1. The fourth-order valence-electron chi connectivity index (χ4n) is 3.47. The van der Waals surface area contributed by atoms with Crippen molar-refractivity contribution >= 4 is 17.3 Å². The number of aryl methyl sites for hydroxylation is 1. The number of thiazole rings is 1. The third-order valence-electron chi connectivity index (χ3n) is 4.92. The van der Waals surface area contributed by atoms with Gasteiger partial charge in [-0.25, -0.2) is 9.98 Å². The van der Waals surface area contributed by atoms with Gasteiger partial charge in [-0.3, -0.25) is 0 Å². The maximum absolute atomic E-state index is 6.12. The molecule has 0 aromatic carbocycles. The van der Waals surface area contributed by atoms with Crippen LogP contribution in [0.25, 0.3) is 0 Å². The summed E-state index contributed by atoms with van der Waals surface area (Å²) in [6.45, 7) is 9.36. The summed E-state index contributed by atoms with van der Waals surface area (Å²) < 4.78 is 11.9. The van der Waals surface area contributed by atoms with Crippen molar-refractivity contribution in [3.05, 3.63) is 16.1 Å². The molecular weight excluding hydrogens is 348 g/mol. The van der Waals surface area contributed by atoms with E-state index in [9.17, 15) is 0 Å². The molecular formula is C19H32N4O2S. The third-order valence-corrected chi connectivity index (χ3v) is 5.82. The van der Waals surface area contributed by atoms with Gasteiger partial charge in [-0.05, 0) is 46.0 Å². The molecule has 26 heavy (non-hydrogen) atoms. The van der Waals surface area contributed by atoms with Crippen LogP contribution in [0.1, 0.15) is 48.9 Å². The maximum Gasteiger partial charge on any atom is 0.194 e. The predicted molar refractivity (Wildman–Crippen MR) is 106 cm³/mol. The van der Waals surface area contributed by atoms with Gasteiger partial charge in [-0.15, -0.1) is 11.3 Å². The van der Waals surface area contributed by atoms with Crippen LogP contribution >= 0.6 is 11.3 Å². The molecule has 6 nitrogen and oxygen atoms in total. The van der Waals surface area contributed by atoms with Gasteiger partial charge < -0.3 is 19.7 Å². The van der Waals surface area contributed by atoms with Gasteiger partial charge in [-0.2, -0.15) is 0 Å². The predicted octanol–water partition coefficient (Wildman–Crippen LogP) is 2.97. The van der Waals surface area contributed by atoms with Gasteiger partial charge in [0.2, 0.25) is 0 Å². The average molecular weight is 381 g/mol. The molecule has 7 heteroatoms. The maximum atomic E-state index is 6.12. The van der Waals surface area contributed by atoms with E-state index < -0.39 is 0 Å². The number of nitrogens with one attached hydrogen (secondary N) is 1. The molecule has 3 rings (SSSR count).